The van der Waals surface area contributed by atoms with Crippen molar-refractivity contribution in [3.8, 4) is 0 Å². The number of fused-ring (bicyclic) bond motifs is 1. The monoisotopic (exact) mass is 264 g/mol. The number of H-pyrrole nitrogens is 1. The lowest BCUT2D eigenvalue weighted by atomic mass is 9.96. The number of rotatable bonds is 2. The molecule has 1 aromatic heterocycles. The number of hydrogen-bond donors (Lipinski definition) is 1. The van der Waals surface area contributed by atoms with Crippen molar-refractivity contribution in [2.45, 2.75) is 44.9 Å². The molecule has 1 aromatic carbocycles. The Morgan fingerprint density at radius 3 is 2.58 bits per heavy atom. The highest BCUT2D eigenvalue weighted by Crippen LogP contribution is 2.26. The molecule has 1 heterocycles. The summed E-state index contributed by atoms with van der Waals surface area (Å²) in [6.45, 7) is 0. The maximum atomic E-state index is 13.6. The third-order valence-electron chi connectivity index (χ3n) is 4.05. The van der Waals surface area contributed by atoms with E-state index in [0.29, 0.717) is 11.4 Å². The van der Waals surface area contributed by atoms with Gasteiger partial charge in [-0.25, -0.2) is 13.8 Å². The first-order valence-corrected chi connectivity index (χ1v) is 7.06. The highest BCUT2D eigenvalue weighted by molar-refractivity contribution is 5.75. The van der Waals surface area contributed by atoms with Gasteiger partial charge in [0.1, 0.15) is 11.3 Å². The van der Waals surface area contributed by atoms with Crippen molar-refractivity contribution in [1.29, 1.82) is 0 Å². The molecule has 3 rings (SSSR count). The fourth-order valence-corrected chi connectivity index (χ4v) is 3.01. The average molecular weight is 264 g/mol. The molecule has 2 aromatic rings. The van der Waals surface area contributed by atoms with Crippen LogP contribution >= 0.6 is 0 Å². The molecule has 0 spiro atoms. The van der Waals surface area contributed by atoms with E-state index in [1.165, 1.54) is 38.5 Å². The molecule has 0 radical (unpaired) electrons. The summed E-state index contributed by atoms with van der Waals surface area (Å²) >= 11 is 0. The number of benzene rings is 1. The van der Waals surface area contributed by atoms with Gasteiger partial charge in [-0.05, 0) is 18.1 Å². The maximum absolute atomic E-state index is 13.6. The summed E-state index contributed by atoms with van der Waals surface area (Å²) in [5, 5.41) is 0. The molecular formula is C15H18F2N2. The molecule has 19 heavy (non-hydrogen) atoms. The van der Waals surface area contributed by atoms with E-state index in [9.17, 15) is 8.78 Å². The van der Waals surface area contributed by atoms with Crippen LogP contribution in [0, 0.1) is 17.6 Å². The summed E-state index contributed by atoms with van der Waals surface area (Å²) in [7, 11) is 0. The van der Waals surface area contributed by atoms with Crippen LogP contribution in [-0.2, 0) is 6.42 Å². The van der Waals surface area contributed by atoms with Gasteiger partial charge in [-0.3, -0.25) is 0 Å². The van der Waals surface area contributed by atoms with Gasteiger partial charge in [0.2, 0.25) is 0 Å². The van der Waals surface area contributed by atoms with Gasteiger partial charge in [0.15, 0.2) is 11.6 Å². The second kappa shape index (κ2) is 5.27. The first-order chi connectivity index (χ1) is 9.24. The van der Waals surface area contributed by atoms with E-state index in [1.54, 1.807) is 6.07 Å². The molecule has 0 amide bonds. The van der Waals surface area contributed by atoms with Crippen LogP contribution in [0.2, 0.25) is 0 Å². The fraction of sp³-hybridized carbons (Fsp3) is 0.533. The van der Waals surface area contributed by atoms with Gasteiger partial charge in [-0.2, -0.15) is 0 Å². The summed E-state index contributed by atoms with van der Waals surface area (Å²) in [6, 6.07) is 2.70. The van der Waals surface area contributed by atoms with E-state index in [0.717, 1.165) is 18.3 Å². The van der Waals surface area contributed by atoms with Crippen LogP contribution in [0.3, 0.4) is 0 Å². The lowest BCUT2D eigenvalue weighted by Crippen LogP contribution is -2.04. The van der Waals surface area contributed by atoms with Crippen LogP contribution < -0.4 is 0 Å². The minimum atomic E-state index is -0.846. The molecule has 1 aliphatic carbocycles. The quantitative estimate of drug-likeness (QED) is 0.802. The first-order valence-electron chi connectivity index (χ1n) is 7.06. The van der Waals surface area contributed by atoms with Crippen molar-refractivity contribution in [2.24, 2.45) is 5.92 Å². The third-order valence-corrected chi connectivity index (χ3v) is 4.05. The lowest BCUT2D eigenvalue weighted by Gasteiger charge is -2.11. The van der Waals surface area contributed by atoms with E-state index in [4.69, 9.17) is 0 Å². The first kappa shape index (κ1) is 12.6. The maximum Gasteiger partial charge on any atom is 0.186 e. The number of nitrogens with one attached hydrogen (secondary N) is 1. The molecule has 0 unspecified atom stereocenters. The van der Waals surface area contributed by atoms with Crippen molar-refractivity contribution in [2.75, 3.05) is 0 Å². The standard InChI is InChI=1S/C15H18F2N2/c16-11-7-8-12-15(14(11)17)19-13(18-12)9-10-5-3-1-2-4-6-10/h7-8,10H,1-6,9H2,(H,18,19). The van der Waals surface area contributed by atoms with Gasteiger partial charge in [-0.1, -0.05) is 38.5 Å². The molecule has 0 atom stereocenters. The van der Waals surface area contributed by atoms with E-state index < -0.39 is 11.6 Å². The van der Waals surface area contributed by atoms with Crippen LogP contribution in [0.5, 0.6) is 0 Å². The summed E-state index contributed by atoms with van der Waals surface area (Å²) in [5.74, 6) is -0.275. The van der Waals surface area contributed by atoms with Crippen molar-refractivity contribution in [3.05, 3.63) is 29.6 Å². The van der Waals surface area contributed by atoms with Crippen LogP contribution in [-0.4, -0.2) is 9.97 Å². The highest BCUT2D eigenvalue weighted by atomic mass is 19.2. The summed E-state index contributed by atoms with van der Waals surface area (Å²) in [5.41, 5.74) is 0.714. The Morgan fingerprint density at radius 1 is 1.11 bits per heavy atom. The van der Waals surface area contributed by atoms with E-state index in [-0.39, 0.29) is 5.52 Å². The Hall–Kier alpha value is -1.45. The van der Waals surface area contributed by atoms with Crippen LogP contribution in [0.25, 0.3) is 11.0 Å². The summed E-state index contributed by atoms with van der Waals surface area (Å²) in [4.78, 5) is 7.34. The SMILES string of the molecule is Fc1ccc2[nH]c(CC3CCCCCC3)nc2c1F. The van der Waals surface area contributed by atoms with Gasteiger partial charge < -0.3 is 4.98 Å². The molecule has 2 nitrogen and oxygen atoms in total. The van der Waals surface area contributed by atoms with Gasteiger partial charge in [0, 0.05) is 6.42 Å². The molecular weight excluding hydrogens is 246 g/mol. The Kier molecular flexibility index (Phi) is 3.49. The number of nitrogens with zero attached hydrogens (tertiary/aromatic N) is 1. The minimum absolute atomic E-state index is 0.128. The smallest absolute Gasteiger partial charge is 0.186 e. The van der Waals surface area contributed by atoms with Crippen molar-refractivity contribution < 1.29 is 8.78 Å². The van der Waals surface area contributed by atoms with Crippen LogP contribution in [0.4, 0.5) is 8.78 Å². The number of aromatic nitrogens is 2. The summed E-state index contributed by atoms with van der Waals surface area (Å²) < 4.78 is 26.7. The largest absolute Gasteiger partial charge is 0.342 e. The van der Waals surface area contributed by atoms with Gasteiger partial charge in [-0.15, -0.1) is 0 Å². The molecule has 4 heteroatoms. The Bertz CT molecular complexity index is 569. The van der Waals surface area contributed by atoms with Gasteiger partial charge in [0.25, 0.3) is 0 Å². The van der Waals surface area contributed by atoms with Crippen molar-refractivity contribution in [3.63, 3.8) is 0 Å². The van der Waals surface area contributed by atoms with Crippen molar-refractivity contribution >= 4 is 11.0 Å². The number of hydrogen-bond acceptors (Lipinski definition) is 1. The third kappa shape index (κ3) is 2.62. The molecule has 1 saturated carbocycles. The zero-order valence-corrected chi connectivity index (χ0v) is 10.9. The molecule has 1 N–H and O–H groups in total. The molecule has 102 valence electrons. The van der Waals surface area contributed by atoms with Gasteiger partial charge >= 0.3 is 0 Å². The number of halogens is 2. The lowest BCUT2D eigenvalue weighted by molar-refractivity contribution is 0.450. The second-order valence-corrected chi connectivity index (χ2v) is 5.50. The van der Waals surface area contributed by atoms with E-state index >= 15 is 0 Å². The molecule has 0 saturated heterocycles. The highest BCUT2D eigenvalue weighted by Gasteiger charge is 2.17. The molecule has 1 fully saturated rings. The zero-order chi connectivity index (χ0) is 13.2. The zero-order valence-electron chi connectivity index (χ0n) is 10.9. The van der Waals surface area contributed by atoms with Crippen LogP contribution in [0.1, 0.15) is 44.3 Å². The predicted molar refractivity (Wildman–Crippen MR) is 70.9 cm³/mol. The Morgan fingerprint density at radius 2 is 1.84 bits per heavy atom. The van der Waals surface area contributed by atoms with Crippen molar-refractivity contribution in [1.82, 2.24) is 9.97 Å². The Balaban J connectivity index is 1.83. The fourth-order valence-electron chi connectivity index (χ4n) is 3.01. The van der Waals surface area contributed by atoms with E-state index in [2.05, 4.69) is 9.97 Å². The average Bonchev–Trinajstić information content (AvgIpc) is 2.63. The van der Waals surface area contributed by atoms with Gasteiger partial charge in [0.05, 0.1) is 5.52 Å². The Labute approximate surface area is 111 Å². The number of aromatic amines is 1. The minimum Gasteiger partial charge on any atom is -0.342 e. The van der Waals surface area contributed by atoms with Crippen LogP contribution in [0.15, 0.2) is 12.1 Å². The number of imidazole rings is 1. The second-order valence-electron chi connectivity index (χ2n) is 5.50. The van der Waals surface area contributed by atoms with E-state index in [1.807, 2.05) is 0 Å². The molecule has 0 bridgehead atoms. The molecule has 0 aliphatic heterocycles. The predicted octanol–water partition coefficient (Wildman–Crippen LogP) is 4.35. The normalized spacial score (nSPS) is 17.8. The topological polar surface area (TPSA) is 28.7 Å². The summed E-state index contributed by atoms with van der Waals surface area (Å²) in [6.07, 6.45) is 8.45. The molecule has 1 aliphatic rings.